The van der Waals surface area contributed by atoms with Crippen molar-refractivity contribution in [2.75, 3.05) is 5.06 Å². The van der Waals surface area contributed by atoms with Crippen LogP contribution in [0.2, 0.25) is 0 Å². The zero-order chi connectivity index (χ0) is 21.5. The van der Waals surface area contributed by atoms with E-state index in [2.05, 4.69) is 0 Å². The van der Waals surface area contributed by atoms with Crippen molar-refractivity contribution in [2.45, 2.75) is 18.7 Å². The molecule has 2 saturated heterocycles. The number of phenols is 2. The van der Waals surface area contributed by atoms with Crippen LogP contribution in [0, 0.1) is 5.92 Å². The number of hydroxylamine groups is 1. The van der Waals surface area contributed by atoms with E-state index in [4.69, 9.17) is 4.84 Å². The van der Waals surface area contributed by atoms with Gasteiger partial charge in [0.2, 0.25) is 5.91 Å². The highest BCUT2D eigenvalue weighted by Crippen LogP contribution is 2.47. The van der Waals surface area contributed by atoms with Crippen molar-refractivity contribution in [3.63, 3.8) is 0 Å². The Hall–Kier alpha value is -3.84. The average Bonchev–Trinajstić information content (AvgIpc) is 3.29. The van der Waals surface area contributed by atoms with Crippen LogP contribution < -0.4 is 5.06 Å². The monoisotopic (exact) mass is 416 g/mol. The second-order valence-electron chi connectivity index (χ2n) is 7.65. The minimum atomic E-state index is -0.961. The molecule has 2 aliphatic heterocycles. The van der Waals surface area contributed by atoms with Crippen molar-refractivity contribution in [1.82, 2.24) is 4.90 Å². The number of aromatic hydroxyl groups is 2. The fourth-order valence-corrected chi connectivity index (χ4v) is 4.26. The molecule has 7 heteroatoms. The van der Waals surface area contributed by atoms with Crippen LogP contribution in [-0.4, -0.2) is 33.0 Å². The molecule has 0 saturated carbocycles. The van der Waals surface area contributed by atoms with Crippen molar-refractivity contribution < 1.29 is 24.6 Å². The van der Waals surface area contributed by atoms with Crippen molar-refractivity contribution in [2.24, 2.45) is 5.92 Å². The molecule has 3 atom stereocenters. The number of likely N-dealkylation sites (tertiary alicyclic amines) is 1. The van der Waals surface area contributed by atoms with Crippen LogP contribution in [0.3, 0.4) is 0 Å². The summed E-state index contributed by atoms with van der Waals surface area (Å²) in [6, 6.07) is 22.2. The Labute approximate surface area is 178 Å². The van der Waals surface area contributed by atoms with E-state index in [0.29, 0.717) is 11.3 Å². The van der Waals surface area contributed by atoms with E-state index in [-0.39, 0.29) is 29.9 Å². The number of benzene rings is 3. The molecule has 2 N–H and O–H groups in total. The summed E-state index contributed by atoms with van der Waals surface area (Å²) in [6.45, 7) is 0.174. The number of anilines is 1. The largest absolute Gasteiger partial charge is 0.504 e. The lowest BCUT2D eigenvalue weighted by molar-refractivity contribution is -0.143. The Morgan fingerprint density at radius 1 is 0.806 bits per heavy atom. The molecule has 0 bridgehead atoms. The molecule has 3 aromatic rings. The van der Waals surface area contributed by atoms with Gasteiger partial charge in [-0.15, -0.1) is 0 Å². The number of nitrogens with zero attached hydrogens (tertiary/aromatic N) is 2. The zero-order valence-corrected chi connectivity index (χ0v) is 16.5. The van der Waals surface area contributed by atoms with Gasteiger partial charge in [0.15, 0.2) is 17.6 Å². The molecule has 2 amide bonds. The lowest BCUT2D eigenvalue weighted by Crippen LogP contribution is -2.36. The Morgan fingerprint density at radius 3 is 2.16 bits per heavy atom. The lowest BCUT2D eigenvalue weighted by atomic mass is 9.90. The summed E-state index contributed by atoms with van der Waals surface area (Å²) in [5.74, 6) is -2.04. The van der Waals surface area contributed by atoms with Gasteiger partial charge in [-0.25, -0.2) is 5.06 Å². The highest BCUT2D eigenvalue weighted by Gasteiger charge is 2.59. The molecule has 0 aromatic heterocycles. The molecule has 3 aromatic carbocycles. The molecule has 0 unspecified atom stereocenters. The minimum absolute atomic E-state index is 0.174. The van der Waals surface area contributed by atoms with Crippen molar-refractivity contribution >= 4 is 17.5 Å². The molecule has 0 radical (unpaired) electrons. The van der Waals surface area contributed by atoms with Gasteiger partial charge in [0.05, 0.1) is 18.3 Å². The molecule has 0 spiro atoms. The van der Waals surface area contributed by atoms with Crippen LogP contribution >= 0.6 is 0 Å². The number of carbonyl (C=O) groups excluding carboxylic acids is 2. The van der Waals surface area contributed by atoms with Gasteiger partial charge >= 0.3 is 0 Å². The van der Waals surface area contributed by atoms with E-state index < -0.39 is 18.1 Å². The van der Waals surface area contributed by atoms with E-state index in [0.717, 1.165) is 5.56 Å². The first-order chi connectivity index (χ1) is 15.0. The summed E-state index contributed by atoms with van der Waals surface area (Å²) in [6.07, 6.45) is -0.961. The summed E-state index contributed by atoms with van der Waals surface area (Å²) in [5, 5.41) is 21.3. The summed E-state index contributed by atoms with van der Waals surface area (Å²) in [7, 11) is 0. The molecule has 0 aliphatic carbocycles. The van der Waals surface area contributed by atoms with Crippen LogP contribution in [0.15, 0.2) is 78.9 Å². The number of fused-ring (bicyclic) bond motifs is 1. The van der Waals surface area contributed by atoms with E-state index in [1.165, 1.54) is 17.0 Å². The third kappa shape index (κ3) is 3.19. The van der Waals surface area contributed by atoms with Crippen molar-refractivity contribution in [1.29, 1.82) is 0 Å². The van der Waals surface area contributed by atoms with Gasteiger partial charge < -0.3 is 10.2 Å². The molecule has 2 fully saturated rings. The molecule has 2 heterocycles. The predicted octanol–water partition coefficient (Wildman–Crippen LogP) is 3.14. The molecule has 156 valence electrons. The number of para-hydroxylation sites is 1. The first-order valence-corrected chi connectivity index (χ1v) is 9.96. The Balaban J connectivity index is 1.54. The summed E-state index contributed by atoms with van der Waals surface area (Å²) < 4.78 is 0. The summed E-state index contributed by atoms with van der Waals surface area (Å²) in [5.41, 5.74) is 2.10. The van der Waals surface area contributed by atoms with Crippen LogP contribution in [0.5, 0.6) is 11.5 Å². The lowest BCUT2D eigenvalue weighted by Gasteiger charge is -2.28. The molecule has 31 heavy (non-hydrogen) atoms. The minimum Gasteiger partial charge on any atom is -0.504 e. The van der Waals surface area contributed by atoms with Gasteiger partial charge in [0.1, 0.15) is 5.92 Å². The van der Waals surface area contributed by atoms with Gasteiger partial charge in [-0.05, 0) is 35.4 Å². The maximum Gasteiger partial charge on any atom is 0.262 e. The molecular weight excluding hydrogens is 396 g/mol. The third-order valence-electron chi connectivity index (χ3n) is 5.74. The molecular formula is C24H20N2O5. The fourth-order valence-electron chi connectivity index (χ4n) is 4.26. The topological polar surface area (TPSA) is 90.3 Å². The first-order valence-electron chi connectivity index (χ1n) is 9.96. The smallest absolute Gasteiger partial charge is 0.262 e. The highest BCUT2D eigenvalue weighted by atomic mass is 16.7. The van der Waals surface area contributed by atoms with Crippen molar-refractivity contribution in [3.05, 3.63) is 90.0 Å². The number of imide groups is 1. The summed E-state index contributed by atoms with van der Waals surface area (Å²) in [4.78, 5) is 33.8. The third-order valence-corrected chi connectivity index (χ3v) is 5.74. The standard InChI is InChI=1S/C24H20N2O5/c27-18-12-11-16(13-19(18)28)21-20-22(31-26(21)17-9-5-2-6-10-17)24(30)25(23(20)29)14-15-7-3-1-4-8-15/h1-13,20-22,27-28H,14H2/t20-,21-,22+/m1/s1. The Bertz CT molecular complexity index is 1140. The molecule has 2 aliphatic rings. The maximum atomic E-state index is 13.4. The normalized spacial score (nSPS) is 22.8. The number of hydrogen-bond donors (Lipinski definition) is 2. The van der Waals surface area contributed by atoms with Gasteiger partial charge in [0, 0.05) is 0 Å². The second-order valence-corrected chi connectivity index (χ2v) is 7.65. The number of carbonyl (C=O) groups is 2. The van der Waals surface area contributed by atoms with E-state index in [1.807, 2.05) is 60.7 Å². The molecule has 7 nitrogen and oxygen atoms in total. The van der Waals surface area contributed by atoms with Crippen LogP contribution in [0.25, 0.3) is 0 Å². The Kier molecular flexibility index (Phi) is 4.60. The van der Waals surface area contributed by atoms with Gasteiger partial charge in [-0.1, -0.05) is 54.6 Å². The maximum absolute atomic E-state index is 13.4. The number of hydrogen-bond acceptors (Lipinski definition) is 6. The number of amides is 2. The van der Waals surface area contributed by atoms with Gasteiger partial charge in [-0.3, -0.25) is 19.3 Å². The van der Waals surface area contributed by atoms with Crippen LogP contribution in [0.1, 0.15) is 17.2 Å². The highest BCUT2D eigenvalue weighted by molar-refractivity contribution is 6.07. The van der Waals surface area contributed by atoms with Gasteiger partial charge in [-0.2, -0.15) is 0 Å². The first kappa shape index (κ1) is 19.1. The van der Waals surface area contributed by atoms with Crippen LogP contribution in [-0.2, 0) is 21.0 Å². The second kappa shape index (κ2) is 7.45. The van der Waals surface area contributed by atoms with Crippen LogP contribution in [0.4, 0.5) is 5.69 Å². The van der Waals surface area contributed by atoms with Crippen molar-refractivity contribution in [3.8, 4) is 11.5 Å². The SMILES string of the molecule is O=C1[C@H]2[C@H](ON(c3ccccc3)[C@@H]2c2ccc(O)c(O)c2)C(=O)N1Cc1ccccc1. The average molecular weight is 416 g/mol. The predicted molar refractivity (Wildman–Crippen MR) is 112 cm³/mol. The zero-order valence-electron chi connectivity index (χ0n) is 16.5. The van der Waals surface area contributed by atoms with E-state index in [1.54, 1.807) is 11.1 Å². The fraction of sp³-hybridized carbons (Fsp3) is 0.167. The summed E-state index contributed by atoms with van der Waals surface area (Å²) >= 11 is 0. The molecule has 5 rings (SSSR count). The van der Waals surface area contributed by atoms with E-state index in [9.17, 15) is 19.8 Å². The number of rotatable bonds is 4. The van der Waals surface area contributed by atoms with E-state index >= 15 is 0 Å². The quantitative estimate of drug-likeness (QED) is 0.502. The van der Waals surface area contributed by atoms with Gasteiger partial charge in [0.25, 0.3) is 5.91 Å². The Morgan fingerprint density at radius 2 is 1.48 bits per heavy atom. The number of phenolic OH excluding ortho intramolecular Hbond substituents is 2.